The van der Waals surface area contributed by atoms with Crippen molar-refractivity contribution in [1.82, 2.24) is 0 Å². The van der Waals surface area contributed by atoms with Gasteiger partial charge >= 0.3 is 0 Å². The van der Waals surface area contributed by atoms with E-state index in [0.29, 0.717) is 17.0 Å². The molecule has 0 fully saturated rings. The van der Waals surface area contributed by atoms with Gasteiger partial charge in [-0.15, -0.1) is 11.8 Å². The van der Waals surface area contributed by atoms with E-state index >= 15 is 0 Å². The summed E-state index contributed by atoms with van der Waals surface area (Å²) in [6.45, 7) is 2.05. The number of carbonyl (C=O) groups excluding carboxylic acids is 2. The summed E-state index contributed by atoms with van der Waals surface area (Å²) in [7, 11) is 0. The molecule has 0 atom stereocenters. The molecule has 0 aliphatic rings. The summed E-state index contributed by atoms with van der Waals surface area (Å²) in [5.74, 6) is 0.537. The quantitative estimate of drug-likeness (QED) is 0.861. The Morgan fingerprint density at radius 2 is 1.91 bits per heavy atom. The first kappa shape index (κ1) is 16.1. The van der Waals surface area contributed by atoms with Gasteiger partial charge in [0.15, 0.2) is 0 Å². The lowest BCUT2D eigenvalue weighted by atomic mass is 10.2. The zero-order valence-electron chi connectivity index (χ0n) is 12.3. The summed E-state index contributed by atoms with van der Waals surface area (Å²) in [5.41, 5.74) is 8.59. The van der Waals surface area contributed by atoms with Crippen LogP contribution in [0.2, 0.25) is 0 Å². The molecular weight excluding hydrogens is 296 g/mol. The molecule has 0 unspecified atom stereocenters. The van der Waals surface area contributed by atoms with Crippen molar-refractivity contribution in [2.45, 2.75) is 12.7 Å². The van der Waals surface area contributed by atoms with Crippen molar-refractivity contribution in [3.63, 3.8) is 0 Å². The maximum Gasteiger partial charge on any atom is 0.248 e. The van der Waals surface area contributed by atoms with Crippen LogP contribution in [-0.2, 0) is 10.5 Å². The fourth-order valence-electron chi connectivity index (χ4n) is 2.01. The van der Waals surface area contributed by atoms with Crippen LogP contribution in [0, 0.1) is 6.92 Å². The molecule has 5 heteroatoms. The second-order valence-corrected chi connectivity index (χ2v) is 5.96. The van der Waals surface area contributed by atoms with Gasteiger partial charge < -0.3 is 11.1 Å². The number of primary amides is 1. The van der Waals surface area contributed by atoms with Gasteiger partial charge in [-0.1, -0.05) is 35.9 Å². The summed E-state index contributed by atoms with van der Waals surface area (Å²) in [4.78, 5) is 23.0. The predicted molar refractivity (Wildman–Crippen MR) is 90.9 cm³/mol. The zero-order valence-corrected chi connectivity index (χ0v) is 13.2. The monoisotopic (exact) mass is 314 g/mol. The van der Waals surface area contributed by atoms with E-state index in [1.165, 1.54) is 11.1 Å². The minimum absolute atomic E-state index is 0.0979. The van der Waals surface area contributed by atoms with Crippen molar-refractivity contribution in [2.24, 2.45) is 5.73 Å². The number of aryl methyl sites for hydroxylation is 1. The van der Waals surface area contributed by atoms with E-state index < -0.39 is 5.91 Å². The number of thioether (sulfide) groups is 1. The topological polar surface area (TPSA) is 72.2 Å². The lowest BCUT2D eigenvalue weighted by molar-refractivity contribution is -0.113. The summed E-state index contributed by atoms with van der Waals surface area (Å²) >= 11 is 1.55. The number of carbonyl (C=O) groups is 2. The zero-order chi connectivity index (χ0) is 15.9. The average Bonchev–Trinajstić information content (AvgIpc) is 2.47. The van der Waals surface area contributed by atoms with Crippen LogP contribution < -0.4 is 11.1 Å². The number of nitrogens with one attached hydrogen (secondary N) is 1. The molecule has 0 saturated heterocycles. The number of nitrogens with two attached hydrogens (primary N) is 1. The third-order valence-corrected chi connectivity index (χ3v) is 4.02. The van der Waals surface area contributed by atoms with E-state index in [-0.39, 0.29) is 5.91 Å². The molecule has 2 aromatic carbocycles. The molecule has 0 saturated carbocycles. The lowest BCUT2D eigenvalue weighted by Crippen LogP contribution is -2.16. The highest BCUT2D eigenvalue weighted by atomic mass is 32.2. The Kier molecular flexibility index (Phi) is 5.61. The summed E-state index contributed by atoms with van der Waals surface area (Å²) < 4.78 is 0. The predicted octanol–water partition coefficient (Wildman–Crippen LogP) is 2.97. The Morgan fingerprint density at radius 3 is 2.64 bits per heavy atom. The van der Waals surface area contributed by atoms with Crippen molar-refractivity contribution < 1.29 is 9.59 Å². The first-order chi connectivity index (χ1) is 10.5. The van der Waals surface area contributed by atoms with Crippen molar-refractivity contribution in [3.8, 4) is 0 Å². The molecule has 114 valence electrons. The average molecular weight is 314 g/mol. The van der Waals surface area contributed by atoms with Gasteiger partial charge in [0.1, 0.15) is 0 Å². The van der Waals surface area contributed by atoms with Gasteiger partial charge in [0.05, 0.1) is 5.75 Å². The molecule has 2 aromatic rings. The lowest BCUT2D eigenvalue weighted by Gasteiger charge is -2.06. The van der Waals surface area contributed by atoms with Crippen LogP contribution in [0.25, 0.3) is 0 Å². The van der Waals surface area contributed by atoms with Crippen LogP contribution in [0.4, 0.5) is 5.69 Å². The molecule has 22 heavy (non-hydrogen) atoms. The van der Waals surface area contributed by atoms with E-state index in [1.807, 2.05) is 25.1 Å². The fraction of sp³-hybridized carbons (Fsp3) is 0.176. The number of hydrogen-bond acceptors (Lipinski definition) is 3. The molecule has 0 aliphatic carbocycles. The minimum atomic E-state index is -0.509. The molecule has 0 spiro atoms. The second-order valence-electron chi connectivity index (χ2n) is 4.98. The molecule has 3 N–H and O–H groups in total. The van der Waals surface area contributed by atoms with Gasteiger partial charge in [-0.3, -0.25) is 9.59 Å². The van der Waals surface area contributed by atoms with Crippen LogP contribution in [0.15, 0.2) is 48.5 Å². The molecule has 0 bridgehead atoms. The van der Waals surface area contributed by atoms with Crippen LogP contribution in [0.3, 0.4) is 0 Å². The number of benzene rings is 2. The van der Waals surface area contributed by atoms with Crippen molar-refractivity contribution in [3.05, 3.63) is 65.2 Å². The normalized spacial score (nSPS) is 10.2. The molecule has 0 aromatic heterocycles. The van der Waals surface area contributed by atoms with E-state index in [9.17, 15) is 9.59 Å². The Balaban J connectivity index is 1.83. The van der Waals surface area contributed by atoms with Crippen molar-refractivity contribution >= 4 is 29.3 Å². The second kappa shape index (κ2) is 7.66. The number of rotatable bonds is 6. The number of amides is 2. The summed E-state index contributed by atoms with van der Waals surface area (Å²) in [6.07, 6.45) is 0. The fourth-order valence-corrected chi connectivity index (χ4v) is 2.79. The Morgan fingerprint density at radius 1 is 1.14 bits per heavy atom. The molecule has 0 heterocycles. The van der Waals surface area contributed by atoms with Crippen LogP contribution in [0.5, 0.6) is 0 Å². The van der Waals surface area contributed by atoms with E-state index in [2.05, 4.69) is 11.4 Å². The first-order valence-electron chi connectivity index (χ1n) is 6.87. The van der Waals surface area contributed by atoms with Gasteiger partial charge in [-0.2, -0.15) is 0 Å². The Bertz CT molecular complexity index is 686. The molecule has 2 rings (SSSR count). The van der Waals surface area contributed by atoms with E-state index in [1.54, 1.807) is 36.0 Å². The standard InChI is InChI=1S/C17H18N2O2S/c1-12-4-2-5-13(8-12)10-22-11-16(20)19-15-7-3-6-14(9-15)17(18)21/h2-9H,10-11H2,1H3,(H2,18,21)(H,19,20). The highest BCUT2D eigenvalue weighted by Gasteiger charge is 2.05. The van der Waals surface area contributed by atoms with E-state index in [4.69, 9.17) is 5.73 Å². The maximum absolute atomic E-state index is 11.9. The van der Waals surface area contributed by atoms with Crippen LogP contribution >= 0.6 is 11.8 Å². The highest BCUT2D eigenvalue weighted by molar-refractivity contribution is 7.99. The van der Waals surface area contributed by atoms with Crippen molar-refractivity contribution in [2.75, 3.05) is 11.1 Å². The molecule has 0 radical (unpaired) electrons. The van der Waals surface area contributed by atoms with Crippen LogP contribution in [0.1, 0.15) is 21.5 Å². The number of hydrogen-bond donors (Lipinski definition) is 2. The minimum Gasteiger partial charge on any atom is -0.366 e. The maximum atomic E-state index is 11.9. The molecule has 4 nitrogen and oxygen atoms in total. The van der Waals surface area contributed by atoms with Crippen LogP contribution in [-0.4, -0.2) is 17.6 Å². The van der Waals surface area contributed by atoms with Gasteiger partial charge in [-0.05, 0) is 30.7 Å². The smallest absolute Gasteiger partial charge is 0.248 e. The highest BCUT2D eigenvalue weighted by Crippen LogP contribution is 2.15. The summed E-state index contributed by atoms with van der Waals surface area (Å²) in [5, 5.41) is 2.77. The summed E-state index contributed by atoms with van der Waals surface area (Å²) in [6, 6.07) is 14.8. The Hall–Kier alpha value is -2.27. The first-order valence-corrected chi connectivity index (χ1v) is 8.03. The van der Waals surface area contributed by atoms with Gasteiger partial charge in [0, 0.05) is 17.0 Å². The number of anilines is 1. The van der Waals surface area contributed by atoms with Crippen molar-refractivity contribution in [1.29, 1.82) is 0 Å². The van der Waals surface area contributed by atoms with E-state index in [0.717, 1.165) is 5.75 Å². The SMILES string of the molecule is Cc1cccc(CSCC(=O)Nc2cccc(C(N)=O)c2)c1. The van der Waals surface area contributed by atoms with Gasteiger partial charge in [-0.25, -0.2) is 0 Å². The van der Waals surface area contributed by atoms with Gasteiger partial charge in [0.2, 0.25) is 11.8 Å². The largest absolute Gasteiger partial charge is 0.366 e. The molecule has 2 amide bonds. The van der Waals surface area contributed by atoms with Gasteiger partial charge in [0.25, 0.3) is 0 Å². The Labute approximate surface area is 134 Å². The third-order valence-electron chi connectivity index (χ3n) is 3.02. The third kappa shape index (κ3) is 4.93. The molecule has 0 aliphatic heterocycles. The molecular formula is C17H18N2O2S.